The van der Waals surface area contributed by atoms with Crippen molar-refractivity contribution in [3.05, 3.63) is 50.5 Å². The number of aromatic amines is 2. The molecule has 0 aliphatic heterocycles. The minimum absolute atomic E-state index is 0.0634. The van der Waals surface area contributed by atoms with Crippen LogP contribution in [0.15, 0.2) is 33.9 Å². The second-order valence-corrected chi connectivity index (χ2v) is 5.15. The average molecular weight is 295 g/mol. The van der Waals surface area contributed by atoms with E-state index in [0.29, 0.717) is 32.9 Å². The first-order valence-corrected chi connectivity index (χ1v) is 6.43. The SMILES string of the molecule is Nc1cc2[nH]c(=O)c3cc(C(=O)O)cc4[nH]c(=O)c(c1)c2c43. The Morgan fingerprint density at radius 2 is 1.45 bits per heavy atom. The van der Waals surface area contributed by atoms with Gasteiger partial charge in [0, 0.05) is 16.5 Å². The minimum Gasteiger partial charge on any atom is -0.478 e. The van der Waals surface area contributed by atoms with E-state index in [1.807, 2.05) is 0 Å². The number of nitrogen functional groups attached to an aromatic ring is 1. The van der Waals surface area contributed by atoms with E-state index in [0.717, 1.165) is 0 Å². The monoisotopic (exact) mass is 295 g/mol. The molecule has 4 aromatic rings. The van der Waals surface area contributed by atoms with Crippen molar-refractivity contribution in [2.45, 2.75) is 0 Å². The predicted molar refractivity (Wildman–Crippen MR) is 82.8 cm³/mol. The summed E-state index contributed by atoms with van der Waals surface area (Å²) in [6.45, 7) is 0. The fourth-order valence-corrected chi connectivity index (χ4v) is 2.90. The van der Waals surface area contributed by atoms with Crippen LogP contribution < -0.4 is 16.9 Å². The molecule has 0 aliphatic rings. The Morgan fingerprint density at radius 3 is 2.05 bits per heavy atom. The van der Waals surface area contributed by atoms with Crippen LogP contribution in [0.2, 0.25) is 0 Å². The van der Waals surface area contributed by atoms with Crippen molar-refractivity contribution in [3.63, 3.8) is 0 Å². The number of benzene rings is 2. The molecule has 0 fully saturated rings. The van der Waals surface area contributed by atoms with Gasteiger partial charge in [0.25, 0.3) is 11.1 Å². The number of anilines is 1. The molecule has 0 radical (unpaired) electrons. The molecular formula is C15H9N3O4. The number of carboxylic acid groups (broad SMARTS) is 1. The van der Waals surface area contributed by atoms with E-state index < -0.39 is 11.5 Å². The van der Waals surface area contributed by atoms with Gasteiger partial charge >= 0.3 is 5.97 Å². The highest BCUT2D eigenvalue weighted by molar-refractivity contribution is 6.21. The Balaban J connectivity index is 2.43. The number of rotatable bonds is 1. The van der Waals surface area contributed by atoms with Crippen molar-refractivity contribution < 1.29 is 9.90 Å². The maximum absolute atomic E-state index is 12.2. The molecular weight excluding hydrogens is 286 g/mol. The second-order valence-electron chi connectivity index (χ2n) is 5.15. The van der Waals surface area contributed by atoms with Crippen LogP contribution >= 0.6 is 0 Å². The zero-order valence-corrected chi connectivity index (χ0v) is 11.1. The smallest absolute Gasteiger partial charge is 0.335 e. The fourth-order valence-electron chi connectivity index (χ4n) is 2.90. The van der Waals surface area contributed by atoms with Gasteiger partial charge in [-0.3, -0.25) is 9.59 Å². The summed E-state index contributed by atoms with van der Waals surface area (Å²) in [6.07, 6.45) is 0. The molecule has 0 amide bonds. The second kappa shape index (κ2) is 3.85. The summed E-state index contributed by atoms with van der Waals surface area (Å²) in [5.41, 5.74) is 6.00. The van der Waals surface area contributed by atoms with Gasteiger partial charge in [-0.05, 0) is 24.3 Å². The van der Waals surface area contributed by atoms with Crippen molar-refractivity contribution in [1.82, 2.24) is 9.97 Å². The minimum atomic E-state index is -1.17. The van der Waals surface area contributed by atoms with E-state index in [1.165, 1.54) is 18.2 Å². The van der Waals surface area contributed by atoms with Gasteiger partial charge in [0.1, 0.15) is 0 Å². The number of nitrogens with one attached hydrogen (secondary N) is 2. The van der Waals surface area contributed by atoms with E-state index in [2.05, 4.69) is 9.97 Å². The van der Waals surface area contributed by atoms with Crippen LogP contribution in [0.3, 0.4) is 0 Å². The van der Waals surface area contributed by atoms with Gasteiger partial charge in [-0.25, -0.2) is 4.79 Å². The predicted octanol–water partition coefficient (Wildman–Crippen LogP) is 1.24. The van der Waals surface area contributed by atoms with Gasteiger partial charge in [0.05, 0.1) is 27.4 Å². The quantitative estimate of drug-likeness (QED) is 0.310. The third-order valence-corrected chi connectivity index (χ3v) is 3.78. The number of aromatic carboxylic acids is 1. The molecule has 4 rings (SSSR count). The van der Waals surface area contributed by atoms with Gasteiger partial charge in [0.15, 0.2) is 0 Å². The van der Waals surface area contributed by atoms with Crippen LogP contribution in [0.5, 0.6) is 0 Å². The molecule has 0 unspecified atom stereocenters. The Labute approximate surface area is 121 Å². The van der Waals surface area contributed by atoms with Crippen LogP contribution in [0.1, 0.15) is 10.4 Å². The van der Waals surface area contributed by atoms with E-state index in [9.17, 15) is 14.4 Å². The molecule has 7 nitrogen and oxygen atoms in total. The molecule has 2 heterocycles. The summed E-state index contributed by atoms with van der Waals surface area (Å²) in [7, 11) is 0. The molecule has 22 heavy (non-hydrogen) atoms. The highest BCUT2D eigenvalue weighted by Gasteiger charge is 2.17. The summed E-state index contributed by atoms with van der Waals surface area (Å²) in [6, 6.07) is 5.76. The maximum Gasteiger partial charge on any atom is 0.335 e. The lowest BCUT2D eigenvalue weighted by Crippen LogP contribution is -2.14. The Hall–Kier alpha value is -3.35. The molecule has 0 aliphatic carbocycles. The highest BCUT2D eigenvalue weighted by atomic mass is 16.4. The van der Waals surface area contributed by atoms with Gasteiger partial charge in [-0.1, -0.05) is 0 Å². The standard InChI is InChI=1S/C15H9N3O4/c16-6-3-8-12-10(4-6)18-13(19)7-1-5(15(21)22)2-9(11(7)12)17-14(8)20/h1-4H,16H2,(H,17,20)(H,18,19)(H,21,22). The number of carbonyl (C=O) groups is 1. The van der Waals surface area contributed by atoms with Gasteiger partial charge in [-0.15, -0.1) is 0 Å². The maximum atomic E-state index is 12.2. The van der Waals surface area contributed by atoms with Crippen molar-refractivity contribution in [1.29, 1.82) is 0 Å². The largest absolute Gasteiger partial charge is 0.478 e. The number of aromatic nitrogens is 2. The molecule has 0 bridgehead atoms. The Bertz CT molecular complexity index is 1200. The molecule has 0 saturated carbocycles. The molecule has 0 spiro atoms. The average Bonchev–Trinajstić information content (AvgIpc) is 2.45. The van der Waals surface area contributed by atoms with Crippen LogP contribution in [0, 0.1) is 0 Å². The lowest BCUT2D eigenvalue weighted by atomic mass is 9.99. The lowest BCUT2D eigenvalue weighted by molar-refractivity contribution is 0.0697. The van der Waals surface area contributed by atoms with Crippen LogP contribution in [0.25, 0.3) is 32.6 Å². The third-order valence-electron chi connectivity index (χ3n) is 3.78. The van der Waals surface area contributed by atoms with Crippen LogP contribution in [0.4, 0.5) is 5.69 Å². The van der Waals surface area contributed by atoms with Crippen molar-refractivity contribution in [2.24, 2.45) is 0 Å². The number of H-pyrrole nitrogens is 2. The van der Waals surface area contributed by atoms with E-state index in [-0.39, 0.29) is 16.5 Å². The molecule has 0 saturated heterocycles. The summed E-state index contributed by atoms with van der Waals surface area (Å²) >= 11 is 0. The van der Waals surface area contributed by atoms with Gasteiger partial charge in [0.2, 0.25) is 0 Å². The number of pyridine rings is 2. The van der Waals surface area contributed by atoms with Gasteiger partial charge < -0.3 is 20.8 Å². The summed E-state index contributed by atoms with van der Waals surface area (Å²) in [4.78, 5) is 40.9. The van der Waals surface area contributed by atoms with E-state index >= 15 is 0 Å². The molecule has 108 valence electrons. The van der Waals surface area contributed by atoms with Gasteiger partial charge in [-0.2, -0.15) is 0 Å². The number of hydrogen-bond donors (Lipinski definition) is 4. The topological polar surface area (TPSA) is 129 Å². The van der Waals surface area contributed by atoms with E-state index in [4.69, 9.17) is 10.8 Å². The molecule has 0 atom stereocenters. The van der Waals surface area contributed by atoms with E-state index in [1.54, 1.807) is 6.07 Å². The Morgan fingerprint density at radius 1 is 0.909 bits per heavy atom. The fraction of sp³-hybridized carbons (Fsp3) is 0. The first kappa shape index (κ1) is 12.4. The first-order valence-electron chi connectivity index (χ1n) is 6.43. The number of carboxylic acids is 1. The molecule has 2 aromatic carbocycles. The lowest BCUT2D eigenvalue weighted by Gasteiger charge is -2.11. The van der Waals surface area contributed by atoms with Crippen LogP contribution in [-0.2, 0) is 0 Å². The summed E-state index contributed by atoms with van der Waals surface area (Å²) in [5.74, 6) is -1.17. The summed E-state index contributed by atoms with van der Waals surface area (Å²) < 4.78 is 0. The molecule has 2 aromatic heterocycles. The third kappa shape index (κ3) is 1.47. The zero-order valence-electron chi connectivity index (χ0n) is 11.1. The molecule has 5 N–H and O–H groups in total. The molecule has 7 heteroatoms. The number of nitrogens with two attached hydrogens (primary N) is 1. The first-order chi connectivity index (χ1) is 10.5. The van der Waals surface area contributed by atoms with Crippen LogP contribution in [-0.4, -0.2) is 21.0 Å². The Kier molecular flexibility index (Phi) is 2.17. The van der Waals surface area contributed by atoms with Crippen molar-refractivity contribution in [3.8, 4) is 0 Å². The zero-order chi connectivity index (χ0) is 15.6. The van der Waals surface area contributed by atoms with Crippen molar-refractivity contribution >= 4 is 44.2 Å². The van der Waals surface area contributed by atoms with Crippen molar-refractivity contribution in [2.75, 3.05) is 5.73 Å². The normalized spacial score (nSPS) is 11.6. The highest BCUT2D eigenvalue weighted by Crippen LogP contribution is 2.30. The summed E-state index contributed by atoms with van der Waals surface area (Å²) in [5, 5.41) is 10.8. The number of hydrogen-bond acceptors (Lipinski definition) is 4.